The van der Waals surface area contributed by atoms with Gasteiger partial charge >= 0.3 is 0 Å². The van der Waals surface area contributed by atoms with Gasteiger partial charge in [-0.05, 0) is 30.5 Å². The minimum atomic E-state index is -0.496. The van der Waals surface area contributed by atoms with Crippen molar-refractivity contribution in [2.45, 2.75) is 26.7 Å². The summed E-state index contributed by atoms with van der Waals surface area (Å²) in [6.07, 6.45) is 2.50. The van der Waals surface area contributed by atoms with Crippen molar-refractivity contribution in [3.63, 3.8) is 0 Å². The summed E-state index contributed by atoms with van der Waals surface area (Å²) in [5.74, 6) is -0.546. The van der Waals surface area contributed by atoms with Crippen molar-refractivity contribution in [1.82, 2.24) is 0 Å². The number of carbonyl (C=O) groups excluding carboxylic acids is 1. The van der Waals surface area contributed by atoms with E-state index in [0.29, 0.717) is 12.0 Å². The molecule has 3 heteroatoms. The van der Waals surface area contributed by atoms with E-state index in [0.717, 1.165) is 5.57 Å². The lowest BCUT2D eigenvalue weighted by atomic mass is 10.0. The van der Waals surface area contributed by atoms with Crippen LogP contribution in [0.1, 0.15) is 25.8 Å². The number of hydrogen-bond donors (Lipinski definition) is 0. The predicted molar refractivity (Wildman–Crippen MR) is 64.2 cm³/mol. The van der Waals surface area contributed by atoms with E-state index >= 15 is 0 Å². The van der Waals surface area contributed by atoms with Crippen molar-refractivity contribution < 1.29 is 9.18 Å². The predicted octanol–water partition coefficient (Wildman–Crippen LogP) is 3.95. The maximum absolute atomic E-state index is 13.5. The van der Waals surface area contributed by atoms with Gasteiger partial charge in [0, 0.05) is 6.42 Å². The van der Waals surface area contributed by atoms with Crippen LogP contribution >= 0.6 is 11.6 Å². The number of allylic oxidation sites excluding steroid dienone is 2. The van der Waals surface area contributed by atoms with E-state index in [9.17, 15) is 9.18 Å². The Morgan fingerprint density at radius 1 is 1.50 bits per heavy atom. The van der Waals surface area contributed by atoms with Crippen LogP contribution in [0.4, 0.5) is 4.39 Å². The van der Waals surface area contributed by atoms with Gasteiger partial charge in [-0.1, -0.05) is 36.7 Å². The van der Waals surface area contributed by atoms with Crippen molar-refractivity contribution in [3.8, 4) is 0 Å². The number of benzene rings is 1. The molecule has 0 spiro atoms. The van der Waals surface area contributed by atoms with Crippen molar-refractivity contribution in [1.29, 1.82) is 0 Å². The topological polar surface area (TPSA) is 17.1 Å². The Labute approximate surface area is 99.9 Å². The van der Waals surface area contributed by atoms with Crippen molar-refractivity contribution in [2.24, 2.45) is 0 Å². The average Bonchev–Trinajstić information content (AvgIpc) is 2.26. The Kier molecular flexibility index (Phi) is 4.69. The first kappa shape index (κ1) is 12.9. The lowest BCUT2D eigenvalue weighted by molar-refractivity contribution is -0.115. The number of ketones is 1. The molecule has 0 amide bonds. The molecule has 1 aromatic rings. The van der Waals surface area contributed by atoms with E-state index < -0.39 is 5.82 Å². The van der Waals surface area contributed by atoms with Gasteiger partial charge in [0.1, 0.15) is 5.82 Å². The maximum atomic E-state index is 13.5. The number of carbonyl (C=O) groups is 1. The molecule has 1 rings (SSSR count). The van der Waals surface area contributed by atoms with Crippen LogP contribution in [0.2, 0.25) is 5.02 Å². The van der Waals surface area contributed by atoms with E-state index in [1.54, 1.807) is 18.2 Å². The number of halogens is 2. The second-order valence-electron chi connectivity index (χ2n) is 3.48. The van der Waals surface area contributed by atoms with Crippen molar-refractivity contribution in [2.75, 3.05) is 0 Å². The first-order valence-corrected chi connectivity index (χ1v) is 5.59. The van der Waals surface area contributed by atoms with E-state index in [4.69, 9.17) is 11.6 Å². The third-order valence-corrected chi connectivity index (χ3v) is 2.76. The van der Waals surface area contributed by atoms with Crippen LogP contribution in [0.15, 0.2) is 29.8 Å². The molecule has 1 nitrogen and oxygen atoms in total. The lowest BCUT2D eigenvalue weighted by Crippen LogP contribution is -2.07. The fourth-order valence-corrected chi connectivity index (χ4v) is 1.73. The van der Waals surface area contributed by atoms with Gasteiger partial charge in [-0.2, -0.15) is 0 Å². The van der Waals surface area contributed by atoms with Crippen molar-refractivity contribution >= 4 is 17.4 Å². The smallest absolute Gasteiger partial charge is 0.162 e. The summed E-state index contributed by atoms with van der Waals surface area (Å²) in [6.45, 7) is 3.71. The van der Waals surface area contributed by atoms with Crippen LogP contribution in [0.25, 0.3) is 0 Å². The SMILES string of the molecule is C/C=C(/CC)C(=O)Cc1cccc(Cl)c1F. The zero-order valence-electron chi connectivity index (χ0n) is 9.39. The highest BCUT2D eigenvalue weighted by Gasteiger charge is 2.12. The molecule has 0 aliphatic carbocycles. The van der Waals surface area contributed by atoms with Gasteiger partial charge in [-0.25, -0.2) is 4.39 Å². The minimum absolute atomic E-state index is 0.0498. The molecule has 0 radical (unpaired) electrons. The molecule has 86 valence electrons. The standard InChI is InChI=1S/C13H14ClFO/c1-3-9(4-2)12(16)8-10-6-5-7-11(14)13(10)15/h3,5-7H,4,8H2,1-2H3/b9-3-. The van der Waals surface area contributed by atoms with Gasteiger partial charge in [0.05, 0.1) is 5.02 Å². The van der Waals surface area contributed by atoms with Crippen molar-refractivity contribution in [3.05, 3.63) is 46.3 Å². The Hall–Kier alpha value is -1.15. The van der Waals surface area contributed by atoms with Crippen LogP contribution in [0, 0.1) is 5.82 Å². The minimum Gasteiger partial charge on any atom is -0.294 e. The van der Waals surface area contributed by atoms with Gasteiger partial charge in [0.25, 0.3) is 0 Å². The third kappa shape index (κ3) is 2.92. The van der Waals surface area contributed by atoms with Crippen LogP contribution in [-0.2, 0) is 11.2 Å². The Morgan fingerprint density at radius 3 is 2.75 bits per heavy atom. The van der Waals surface area contributed by atoms with E-state index in [1.165, 1.54) is 6.07 Å². The molecule has 0 atom stereocenters. The summed E-state index contributed by atoms with van der Waals surface area (Å²) in [7, 11) is 0. The number of Topliss-reactive ketones (excluding diaryl/α,β-unsaturated/α-hetero) is 1. The molecule has 0 bridgehead atoms. The van der Waals surface area contributed by atoms with Crippen LogP contribution in [0.5, 0.6) is 0 Å². The van der Waals surface area contributed by atoms with Crippen LogP contribution < -0.4 is 0 Å². The first-order valence-electron chi connectivity index (χ1n) is 5.21. The fraction of sp³-hybridized carbons (Fsp3) is 0.308. The molecule has 16 heavy (non-hydrogen) atoms. The molecular weight excluding hydrogens is 227 g/mol. The van der Waals surface area contributed by atoms with Crippen LogP contribution in [0.3, 0.4) is 0 Å². The van der Waals surface area contributed by atoms with Crippen LogP contribution in [-0.4, -0.2) is 5.78 Å². The third-order valence-electron chi connectivity index (χ3n) is 2.47. The zero-order chi connectivity index (χ0) is 12.1. The second kappa shape index (κ2) is 5.80. The molecule has 0 heterocycles. The second-order valence-corrected chi connectivity index (χ2v) is 3.89. The molecular formula is C13H14ClFO. The zero-order valence-corrected chi connectivity index (χ0v) is 10.1. The Morgan fingerprint density at radius 2 is 2.19 bits per heavy atom. The van der Waals surface area contributed by atoms with Gasteiger partial charge in [-0.15, -0.1) is 0 Å². The summed E-state index contributed by atoms with van der Waals surface area (Å²) in [4.78, 5) is 11.8. The highest BCUT2D eigenvalue weighted by Crippen LogP contribution is 2.19. The highest BCUT2D eigenvalue weighted by atomic mass is 35.5. The molecule has 0 saturated heterocycles. The summed E-state index contributed by atoms with van der Waals surface area (Å²) in [5, 5.41) is 0.0591. The molecule has 0 fully saturated rings. The van der Waals surface area contributed by atoms with E-state index in [2.05, 4.69) is 0 Å². The number of hydrogen-bond acceptors (Lipinski definition) is 1. The molecule has 0 saturated carbocycles. The summed E-state index contributed by atoms with van der Waals surface area (Å²) < 4.78 is 13.5. The quantitative estimate of drug-likeness (QED) is 0.729. The molecule has 0 N–H and O–H groups in total. The van der Waals surface area contributed by atoms with E-state index in [1.807, 2.05) is 13.8 Å². The largest absolute Gasteiger partial charge is 0.294 e. The molecule has 1 aromatic carbocycles. The first-order chi connectivity index (χ1) is 7.60. The molecule has 0 aromatic heterocycles. The van der Waals surface area contributed by atoms with Gasteiger partial charge in [0.2, 0.25) is 0 Å². The maximum Gasteiger partial charge on any atom is 0.162 e. The molecule has 0 aliphatic heterocycles. The summed E-state index contributed by atoms with van der Waals surface area (Å²) in [6, 6.07) is 4.71. The van der Waals surface area contributed by atoms with E-state index in [-0.39, 0.29) is 17.2 Å². The number of rotatable bonds is 4. The Bertz CT molecular complexity index is 424. The summed E-state index contributed by atoms with van der Waals surface area (Å²) >= 11 is 5.64. The molecule has 0 aliphatic rings. The monoisotopic (exact) mass is 240 g/mol. The highest BCUT2D eigenvalue weighted by molar-refractivity contribution is 6.30. The fourth-order valence-electron chi connectivity index (χ4n) is 1.53. The summed E-state index contributed by atoms with van der Waals surface area (Å²) in [5.41, 5.74) is 1.07. The normalized spacial score (nSPS) is 11.6. The van der Waals surface area contributed by atoms with Gasteiger partial charge in [0.15, 0.2) is 5.78 Å². The lowest BCUT2D eigenvalue weighted by Gasteiger charge is -2.05. The van der Waals surface area contributed by atoms with Gasteiger partial charge < -0.3 is 0 Å². The molecule has 0 unspecified atom stereocenters. The van der Waals surface area contributed by atoms with Gasteiger partial charge in [-0.3, -0.25) is 4.79 Å². The average molecular weight is 241 g/mol. The Balaban J connectivity index is 2.89.